The zero-order chi connectivity index (χ0) is 29.8. The smallest absolute Gasteiger partial charge is 0.180 e. The van der Waals surface area contributed by atoms with Crippen molar-refractivity contribution in [3.8, 4) is 5.69 Å². The van der Waals surface area contributed by atoms with Gasteiger partial charge in [-0.2, -0.15) is 0 Å². The molecule has 3 heteroatoms. The Morgan fingerprint density at radius 1 is 0.400 bits per heavy atom. The summed E-state index contributed by atoms with van der Waals surface area (Å²) in [4.78, 5) is 0. The minimum atomic E-state index is -2.84. The van der Waals surface area contributed by atoms with Crippen LogP contribution in [-0.4, -0.2) is 12.6 Å². The van der Waals surface area contributed by atoms with Crippen molar-refractivity contribution in [2.45, 2.75) is 0 Å². The number of aromatic nitrogens is 1. The van der Waals surface area contributed by atoms with Crippen LogP contribution >= 0.6 is 11.3 Å². The molecule has 0 unspecified atom stereocenters. The van der Waals surface area contributed by atoms with Crippen molar-refractivity contribution in [2.24, 2.45) is 0 Å². The Hall–Kier alpha value is -5.22. The molecule has 7 aromatic carbocycles. The van der Waals surface area contributed by atoms with E-state index in [0.717, 1.165) is 0 Å². The Labute approximate surface area is 267 Å². The number of nitrogens with zero attached hydrogens (tertiary/aromatic N) is 1. The highest BCUT2D eigenvalue weighted by Gasteiger charge is 2.43. The Bertz CT molecular complexity index is 2440. The summed E-state index contributed by atoms with van der Waals surface area (Å²) in [6.45, 7) is 0. The van der Waals surface area contributed by atoms with Crippen LogP contribution in [0.1, 0.15) is 0 Å². The number of fused-ring (bicyclic) bond motifs is 6. The Morgan fingerprint density at radius 3 is 1.71 bits per heavy atom. The molecule has 9 aromatic rings. The molecule has 9 rings (SSSR count). The van der Waals surface area contributed by atoms with Gasteiger partial charge in [-0.3, -0.25) is 0 Å². The van der Waals surface area contributed by atoms with Crippen LogP contribution in [0.5, 0.6) is 0 Å². The second-order valence-corrected chi connectivity index (χ2v) is 16.5. The lowest BCUT2D eigenvalue weighted by Crippen LogP contribution is -2.74. The quantitative estimate of drug-likeness (QED) is 0.137. The first-order chi connectivity index (χ1) is 22.3. The second kappa shape index (κ2) is 10.4. The van der Waals surface area contributed by atoms with E-state index in [1.165, 1.54) is 68.4 Å². The average Bonchev–Trinajstić information content (AvgIpc) is 3.66. The highest BCUT2D eigenvalue weighted by atomic mass is 32.1. The van der Waals surface area contributed by atoms with Gasteiger partial charge in [0.15, 0.2) is 8.07 Å². The van der Waals surface area contributed by atoms with Crippen molar-refractivity contribution in [3.63, 3.8) is 0 Å². The fourth-order valence-electron chi connectivity index (χ4n) is 7.49. The van der Waals surface area contributed by atoms with Gasteiger partial charge in [-0.15, -0.1) is 11.3 Å². The molecule has 0 amide bonds. The Balaban J connectivity index is 1.48. The van der Waals surface area contributed by atoms with Crippen molar-refractivity contribution in [3.05, 3.63) is 176 Å². The van der Waals surface area contributed by atoms with Gasteiger partial charge < -0.3 is 4.57 Å². The van der Waals surface area contributed by atoms with Crippen molar-refractivity contribution < 1.29 is 0 Å². The third-order valence-corrected chi connectivity index (χ3v) is 15.3. The maximum Gasteiger partial charge on any atom is 0.180 e. The summed E-state index contributed by atoms with van der Waals surface area (Å²) in [6, 6.07) is 65.5. The van der Waals surface area contributed by atoms with E-state index in [9.17, 15) is 0 Å². The normalized spacial score (nSPS) is 12.0. The molecule has 2 heterocycles. The lowest BCUT2D eigenvalue weighted by atomic mass is 10.1. The van der Waals surface area contributed by atoms with Gasteiger partial charge in [-0.1, -0.05) is 140 Å². The number of rotatable bonds is 5. The molecule has 0 saturated heterocycles. The number of para-hydroxylation sites is 2. The van der Waals surface area contributed by atoms with Crippen molar-refractivity contribution >= 4 is 82.1 Å². The SMILES string of the molecule is c1ccc(-n2c3ccccc3c3ccc([Si](c4ccccc4)(c4ccccc4)c4cccc5sc6ccccc6c45)cc32)cc1. The van der Waals surface area contributed by atoms with Crippen LogP contribution in [0, 0.1) is 0 Å². The molecule has 1 nitrogen and oxygen atoms in total. The lowest BCUT2D eigenvalue weighted by molar-refractivity contribution is 1.18. The first kappa shape index (κ1) is 26.2. The second-order valence-electron chi connectivity index (χ2n) is 11.7. The Morgan fingerprint density at radius 2 is 0.978 bits per heavy atom. The maximum absolute atomic E-state index is 2.84. The van der Waals surface area contributed by atoms with E-state index in [2.05, 4.69) is 180 Å². The van der Waals surface area contributed by atoms with Gasteiger partial charge in [-0.05, 0) is 57.1 Å². The maximum atomic E-state index is 2.52. The molecule has 2 aromatic heterocycles. The molecular weight excluding hydrogens is 579 g/mol. The molecule has 0 bridgehead atoms. The monoisotopic (exact) mass is 607 g/mol. The van der Waals surface area contributed by atoms with Gasteiger partial charge in [0.05, 0.1) is 11.0 Å². The van der Waals surface area contributed by atoms with Crippen LogP contribution in [0.25, 0.3) is 47.7 Å². The van der Waals surface area contributed by atoms with Crippen LogP contribution in [0.4, 0.5) is 0 Å². The fraction of sp³-hybridized carbons (Fsp3) is 0. The van der Waals surface area contributed by atoms with Gasteiger partial charge in [0.25, 0.3) is 0 Å². The molecule has 0 fully saturated rings. The summed E-state index contributed by atoms with van der Waals surface area (Å²) in [7, 11) is -2.84. The van der Waals surface area contributed by atoms with Gasteiger partial charge in [0.2, 0.25) is 0 Å². The van der Waals surface area contributed by atoms with Crippen molar-refractivity contribution in [1.29, 1.82) is 0 Å². The van der Waals surface area contributed by atoms with Crippen LogP contribution in [0.3, 0.4) is 0 Å². The van der Waals surface area contributed by atoms with E-state index >= 15 is 0 Å². The van der Waals surface area contributed by atoms with E-state index in [4.69, 9.17) is 0 Å². The van der Waals surface area contributed by atoms with Crippen LogP contribution in [0.2, 0.25) is 0 Å². The van der Waals surface area contributed by atoms with Crippen LogP contribution in [0.15, 0.2) is 176 Å². The molecular formula is C42H29NSSi. The Kier molecular flexibility index (Phi) is 6.08. The highest BCUT2D eigenvalue weighted by molar-refractivity contribution is 7.27. The first-order valence-electron chi connectivity index (χ1n) is 15.4. The number of benzene rings is 7. The third-order valence-electron chi connectivity index (χ3n) is 9.34. The number of hydrogen-bond acceptors (Lipinski definition) is 1. The highest BCUT2D eigenvalue weighted by Crippen LogP contribution is 2.35. The zero-order valence-corrected chi connectivity index (χ0v) is 26.4. The molecule has 0 N–H and O–H groups in total. The van der Waals surface area contributed by atoms with Crippen molar-refractivity contribution in [2.75, 3.05) is 0 Å². The van der Waals surface area contributed by atoms with E-state index in [-0.39, 0.29) is 0 Å². The molecule has 212 valence electrons. The molecule has 0 spiro atoms. The molecule has 0 aliphatic heterocycles. The molecule has 0 aliphatic carbocycles. The fourth-order valence-corrected chi connectivity index (χ4v) is 13.7. The van der Waals surface area contributed by atoms with E-state index < -0.39 is 8.07 Å². The summed E-state index contributed by atoms with van der Waals surface area (Å²) in [6.07, 6.45) is 0. The largest absolute Gasteiger partial charge is 0.309 e. The zero-order valence-electron chi connectivity index (χ0n) is 24.6. The van der Waals surface area contributed by atoms with Gasteiger partial charge in [0, 0.05) is 36.6 Å². The molecule has 0 atom stereocenters. The van der Waals surface area contributed by atoms with Crippen molar-refractivity contribution in [1.82, 2.24) is 4.57 Å². The predicted octanol–water partition coefficient (Wildman–Crippen LogP) is 8.53. The minimum Gasteiger partial charge on any atom is -0.309 e. The van der Waals surface area contributed by atoms with Crippen LogP contribution < -0.4 is 20.7 Å². The van der Waals surface area contributed by atoms with E-state index in [1.54, 1.807) is 0 Å². The minimum absolute atomic E-state index is 1.18. The van der Waals surface area contributed by atoms with E-state index in [1.807, 2.05) is 11.3 Å². The molecule has 0 saturated carbocycles. The molecule has 0 aliphatic rings. The summed E-state index contributed by atoms with van der Waals surface area (Å²) in [5.41, 5.74) is 3.65. The predicted molar refractivity (Wildman–Crippen MR) is 197 cm³/mol. The summed E-state index contributed by atoms with van der Waals surface area (Å²) in [5, 5.41) is 10.9. The number of thiophene rings is 1. The van der Waals surface area contributed by atoms with Crippen LogP contribution in [-0.2, 0) is 0 Å². The number of hydrogen-bond donors (Lipinski definition) is 0. The average molecular weight is 608 g/mol. The third kappa shape index (κ3) is 3.91. The summed E-state index contributed by atoms with van der Waals surface area (Å²) >= 11 is 1.90. The summed E-state index contributed by atoms with van der Waals surface area (Å²) < 4.78 is 5.13. The standard InChI is InChI=1S/C42H29NSSi/c1-4-15-30(16-5-1)43-37-23-12-10-21-34(37)35-28-27-33(29-38(35)43)45(31-17-6-2-7-18-31,32-19-8-3-9-20-32)41-26-14-25-40-42(41)36-22-11-13-24-39(36)44-40/h1-29H. The first-order valence-corrected chi connectivity index (χ1v) is 18.3. The van der Waals surface area contributed by atoms with Gasteiger partial charge >= 0.3 is 0 Å². The lowest BCUT2D eigenvalue weighted by Gasteiger charge is -2.35. The van der Waals surface area contributed by atoms with Gasteiger partial charge in [0.1, 0.15) is 0 Å². The summed E-state index contributed by atoms with van der Waals surface area (Å²) in [5.74, 6) is 0. The molecule has 0 radical (unpaired) electrons. The van der Waals surface area contributed by atoms with E-state index in [0.29, 0.717) is 0 Å². The topological polar surface area (TPSA) is 4.93 Å². The van der Waals surface area contributed by atoms with Gasteiger partial charge in [-0.25, -0.2) is 0 Å². The molecule has 45 heavy (non-hydrogen) atoms.